The fourth-order valence-corrected chi connectivity index (χ4v) is 2.62. The van der Waals surface area contributed by atoms with Crippen LogP contribution in [0, 0.1) is 5.92 Å². The molecular formula is C16H23NO3. The highest BCUT2D eigenvalue weighted by Gasteiger charge is 2.23. The monoisotopic (exact) mass is 277 g/mol. The molecule has 1 unspecified atom stereocenters. The number of nitrogens with one attached hydrogen (secondary N) is 1. The Labute approximate surface area is 120 Å². The van der Waals surface area contributed by atoms with Crippen molar-refractivity contribution in [3.8, 4) is 0 Å². The normalized spacial score (nSPS) is 17.6. The molecule has 1 aliphatic carbocycles. The summed E-state index contributed by atoms with van der Waals surface area (Å²) in [6.07, 6.45) is 3.57. The zero-order chi connectivity index (χ0) is 14.2. The summed E-state index contributed by atoms with van der Waals surface area (Å²) in [5.74, 6) is 0.255. The molecule has 1 aliphatic rings. The Bertz CT molecular complexity index is 433. The second-order valence-corrected chi connectivity index (χ2v) is 5.19. The lowest BCUT2D eigenvalue weighted by molar-refractivity contribution is -0.125. The van der Waals surface area contributed by atoms with Crippen LogP contribution in [0.15, 0.2) is 24.3 Å². The van der Waals surface area contributed by atoms with Gasteiger partial charge in [0.25, 0.3) is 0 Å². The molecular weight excluding hydrogens is 254 g/mol. The second kappa shape index (κ2) is 8.02. The summed E-state index contributed by atoms with van der Waals surface area (Å²) < 4.78 is 5.16. The van der Waals surface area contributed by atoms with Gasteiger partial charge in [-0.2, -0.15) is 0 Å². The first-order chi connectivity index (χ1) is 9.81. The van der Waals surface area contributed by atoms with Crippen LogP contribution in [0.3, 0.4) is 0 Å². The van der Waals surface area contributed by atoms with E-state index in [1.807, 2.05) is 6.07 Å². The van der Waals surface area contributed by atoms with E-state index in [1.54, 1.807) is 0 Å². The summed E-state index contributed by atoms with van der Waals surface area (Å²) >= 11 is 0. The molecule has 4 heteroatoms. The van der Waals surface area contributed by atoms with Gasteiger partial charge in [0, 0.05) is 19.1 Å². The molecule has 1 aromatic rings. The van der Waals surface area contributed by atoms with Crippen molar-refractivity contribution in [2.24, 2.45) is 5.92 Å². The van der Waals surface area contributed by atoms with E-state index in [1.165, 1.54) is 11.1 Å². The molecule has 4 nitrogen and oxygen atoms in total. The molecule has 0 aliphatic heterocycles. The van der Waals surface area contributed by atoms with Crippen LogP contribution in [-0.4, -0.2) is 37.4 Å². The summed E-state index contributed by atoms with van der Waals surface area (Å²) in [6.45, 7) is 1.64. The number of amides is 1. The van der Waals surface area contributed by atoms with Gasteiger partial charge in [0.15, 0.2) is 0 Å². The van der Waals surface area contributed by atoms with Crippen LogP contribution >= 0.6 is 0 Å². The minimum absolute atomic E-state index is 0.0494. The van der Waals surface area contributed by atoms with Crippen molar-refractivity contribution in [3.05, 3.63) is 35.4 Å². The Kier molecular flexibility index (Phi) is 6.02. The van der Waals surface area contributed by atoms with Crippen molar-refractivity contribution < 1.29 is 14.6 Å². The number of rotatable bonds is 7. The highest BCUT2D eigenvalue weighted by Crippen LogP contribution is 2.25. The van der Waals surface area contributed by atoms with Crippen LogP contribution in [0.4, 0.5) is 0 Å². The molecule has 0 bridgehead atoms. The molecule has 2 N–H and O–H groups in total. The third-order valence-corrected chi connectivity index (χ3v) is 3.72. The molecule has 1 aromatic carbocycles. The summed E-state index contributed by atoms with van der Waals surface area (Å²) in [7, 11) is 0. The lowest BCUT2D eigenvalue weighted by Crippen LogP contribution is -2.35. The van der Waals surface area contributed by atoms with Crippen molar-refractivity contribution in [2.45, 2.75) is 25.7 Å². The number of carbonyl (C=O) groups is 1. The third-order valence-electron chi connectivity index (χ3n) is 3.72. The van der Waals surface area contributed by atoms with E-state index in [2.05, 4.69) is 23.5 Å². The van der Waals surface area contributed by atoms with Gasteiger partial charge in [-0.3, -0.25) is 4.79 Å². The van der Waals surface area contributed by atoms with Gasteiger partial charge in [-0.1, -0.05) is 24.3 Å². The first kappa shape index (κ1) is 15.0. The summed E-state index contributed by atoms with van der Waals surface area (Å²) in [5, 5.41) is 11.5. The molecule has 0 aromatic heterocycles. The molecule has 0 fully saturated rings. The molecule has 0 saturated carbocycles. The van der Waals surface area contributed by atoms with Crippen LogP contribution in [0.1, 0.15) is 24.0 Å². The largest absolute Gasteiger partial charge is 0.394 e. The quantitative estimate of drug-likeness (QED) is 0.739. The van der Waals surface area contributed by atoms with Crippen molar-refractivity contribution in [1.29, 1.82) is 0 Å². The van der Waals surface area contributed by atoms with Crippen LogP contribution < -0.4 is 5.32 Å². The van der Waals surface area contributed by atoms with E-state index in [0.717, 1.165) is 25.7 Å². The Balaban J connectivity index is 1.69. The van der Waals surface area contributed by atoms with Gasteiger partial charge in [0.05, 0.1) is 13.2 Å². The summed E-state index contributed by atoms with van der Waals surface area (Å²) in [4.78, 5) is 12.1. The molecule has 110 valence electrons. The zero-order valence-electron chi connectivity index (χ0n) is 11.8. The highest BCUT2D eigenvalue weighted by molar-refractivity contribution is 5.79. The molecule has 0 radical (unpaired) electrons. The van der Waals surface area contributed by atoms with Crippen molar-refractivity contribution >= 4 is 5.91 Å². The van der Waals surface area contributed by atoms with Crippen LogP contribution in [0.2, 0.25) is 0 Å². The number of carbonyl (C=O) groups excluding carboxylic acids is 1. The predicted octanol–water partition coefficient (Wildman–Crippen LogP) is 1.31. The second-order valence-electron chi connectivity index (χ2n) is 5.19. The van der Waals surface area contributed by atoms with Crippen LogP contribution in [-0.2, 0) is 22.4 Å². The number of aryl methyl sites for hydroxylation is 1. The fraction of sp³-hybridized carbons (Fsp3) is 0.562. The number of hydrogen-bond donors (Lipinski definition) is 2. The van der Waals surface area contributed by atoms with E-state index in [4.69, 9.17) is 9.84 Å². The molecule has 2 rings (SSSR count). The van der Waals surface area contributed by atoms with Gasteiger partial charge >= 0.3 is 0 Å². The van der Waals surface area contributed by atoms with Gasteiger partial charge in [0.2, 0.25) is 5.91 Å². The van der Waals surface area contributed by atoms with Gasteiger partial charge in [-0.05, 0) is 36.8 Å². The van der Waals surface area contributed by atoms with Crippen LogP contribution in [0.5, 0.6) is 0 Å². The van der Waals surface area contributed by atoms with Crippen LogP contribution in [0.25, 0.3) is 0 Å². The standard InChI is InChI=1S/C16H23NO3/c18-9-11-20-10-3-8-17-16(19)15-7-6-13-4-1-2-5-14(13)12-15/h1-2,4-5,15,18H,3,6-12H2,(H,17,19). The minimum Gasteiger partial charge on any atom is -0.394 e. The highest BCUT2D eigenvalue weighted by atomic mass is 16.5. The first-order valence-electron chi connectivity index (χ1n) is 7.34. The number of ether oxygens (including phenoxy) is 1. The minimum atomic E-state index is 0.0494. The van der Waals surface area contributed by atoms with Gasteiger partial charge < -0.3 is 15.2 Å². The van der Waals surface area contributed by atoms with Crippen molar-refractivity contribution in [2.75, 3.05) is 26.4 Å². The van der Waals surface area contributed by atoms with E-state index in [9.17, 15) is 4.79 Å². The van der Waals surface area contributed by atoms with Gasteiger partial charge in [-0.15, -0.1) is 0 Å². The number of fused-ring (bicyclic) bond motifs is 1. The van der Waals surface area contributed by atoms with Gasteiger partial charge in [0.1, 0.15) is 0 Å². The maximum absolute atomic E-state index is 12.1. The molecule has 0 saturated heterocycles. The summed E-state index contributed by atoms with van der Waals surface area (Å²) in [5.41, 5.74) is 2.69. The molecule has 20 heavy (non-hydrogen) atoms. The lowest BCUT2D eigenvalue weighted by atomic mass is 9.83. The molecule has 1 amide bonds. The average molecular weight is 277 g/mol. The maximum atomic E-state index is 12.1. The Hall–Kier alpha value is -1.39. The lowest BCUT2D eigenvalue weighted by Gasteiger charge is -2.23. The number of hydrogen-bond acceptors (Lipinski definition) is 3. The smallest absolute Gasteiger partial charge is 0.223 e. The first-order valence-corrected chi connectivity index (χ1v) is 7.34. The number of aliphatic hydroxyl groups excluding tert-OH is 1. The molecule has 1 atom stereocenters. The predicted molar refractivity (Wildman–Crippen MR) is 77.5 cm³/mol. The average Bonchev–Trinajstić information content (AvgIpc) is 2.50. The SMILES string of the molecule is O=C(NCCCOCCO)C1CCc2ccccc2C1. The molecule has 0 spiro atoms. The van der Waals surface area contributed by atoms with E-state index in [-0.39, 0.29) is 18.4 Å². The fourth-order valence-electron chi connectivity index (χ4n) is 2.62. The van der Waals surface area contributed by atoms with E-state index < -0.39 is 0 Å². The summed E-state index contributed by atoms with van der Waals surface area (Å²) in [6, 6.07) is 8.38. The van der Waals surface area contributed by atoms with Crippen molar-refractivity contribution in [3.63, 3.8) is 0 Å². The van der Waals surface area contributed by atoms with Crippen molar-refractivity contribution in [1.82, 2.24) is 5.32 Å². The topological polar surface area (TPSA) is 58.6 Å². The maximum Gasteiger partial charge on any atom is 0.223 e. The zero-order valence-corrected chi connectivity index (χ0v) is 11.8. The third kappa shape index (κ3) is 4.32. The number of aliphatic hydroxyl groups is 1. The molecule has 0 heterocycles. The van der Waals surface area contributed by atoms with Gasteiger partial charge in [-0.25, -0.2) is 0 Å². The Morgan fingerprint density at radius 1 is 1.30 bits per heavy atom. The van der Waals surface area contributed by atoms with E-state index in [0.29, 0.717) is 19.8 Å². The van der Waals surface area contributed by atoms with E-state index >= 15 is 0 Å². The number of benzene rings is 1. The Morgan fingerprint density at radius 2 is 2.10 bits per heavy atom. The Morgan fingerprint density at radius 3 is 2.90 bits per heavy atom.